The van der Waals surface area contributed by atoms with Crippen molar-refractivity contribution in [2.45, 2.75) is 13.3 Å². The highest BCUT2D eigenvalue weighted by atomic mass is 16.4. The molecule has 0 bridgehead atoms. The molecule has 0 saturated heterocycles. The first-order valence-corrected chi connectivity index (χ1v) is 7.50. The minimum absolute atomic E-state index is 0.0745. The second-order valence-corrected chi connectivity index (χ2v) is 5.55. The number of carbonyl (C=O) groups is 1. The van der Waals surface area contributed by atoms with E-state index in [-0.39, 0.29) is 11.8 Å². The van der Waals surface area contributed by atoms with E-state index in [4.69, 9.17) is 4.42 Å². The fourth-order valence-electron chi connectivity index (χ4n) is 2.58. The lowest BCUT2D eigenvalue weighted by Crippen LogP contribution is -2.22. The number of hydrogen-bond acceptors (Lipinski definition) is 3. The van der Waals surface area contributed by atoms with E-state index in [1.165, 1.54) is 6.26 Å². The summed E-state index contributed by atoms with van der Waals surface area (Å²) in [6.07, 6.45) is 2.01. The summed E-state index contributed by atoms with van der Waals surface area (Å²) in [4.78, 5) is 24.1. The van der Waals surface area contributed by atoms with Crippen molar-refractivity contribution in [1.29, 1.82) is 0 Å². The summed E-state index contributed by atoms with van der Waals surface area (Å²) in [5.41, 5.74) is 1.34. The molecule has 3 aromatic rings. The summed E-state index contributed by atoms with van der Waals surface area (Å²) in [6, 6.07) is 16.8. The Hall–Kier alpha value is -2.88. The summed E-state index contributed by atoms with van der Waals surface area (Å²) >= 11 is 0. The molecule has 1 unspecified atom stereocenters. The van der Waals surface area contributed by atoms with E-state index in [1.807, 2.05) is 37.3 Å². The van der Waals surface area contributed by atoms with E-state index in [9.17, 15) is 9.59 Å². The van der Waals surface area contributed by atoms with Crippen molar-refractivity contribution in [3.05, 3.63) is 76.8 Å². The zero-order valence-corrected chi connectivity index (χ0v) is 12.8. The molecule has 2 aromatic carbocycles. The Balaban J connectivity index is 1.80. The van der Waals surface area contributed by atoms with Gasteiger partial charge in [0.05, 0.1) is 11.6 Å². The maximum atomic E-state index is 12.4. The van der Waals surface area contributed by atoms with Gasteiger partial charge in [0.1, 0.15) is 0 Å². The Kier molecular flexibility index (Phi) is 4.24. The van der Waals surface area contributed by atoms with E-state index < -0.39 is 5.63 Å². The molecule has 0 saturated carbocycles. The van der Waals surface area contributed by atoms with Gasteiger partial charge in [0, 0.05) is 17.0 Å². The van der Waals surface area contributed by atoms with Crippen molar-refractivity contribution in [3.63, 3.8) is 0 Å². The highest BCUT2D eigenvalue weighted by Gasteiger charge is 2.15. The molecule has 116 valence electrons. The summed E-state index contributed by atoms with van der Waals surface area (Å²) in [5, 5.41) is 4.06. The molecule has 1 heterocycles. The Bertz CT molecular complexity index is 884. The fourth-order valence-corrected chi connectivity index (χ4v) is 2.58. The average molecular weight is 307 g/mol. The van der Waals surface area contributed by atoms with Crippen molar-refractivity contribution in [1.82, 2.24) is 0 Å². The highest BCUT2D eigenvalue weighted by molar-refractivity contribution is 6.02. The molecule has 1 amide bonds. The molecule has 0 radical (unpaired) electrons. The molecule has 3 rings (SSSR count). The standard InChI is InChI=1S/C19H17NO3/c1-13(12-14-6-3-2-4-7-14)18(21)20-17-9-5-8-16-15(17)10-11-23-19(16)22/h2-11,13H,12H2,1H3,(H,20,21). The predicted octanol–water partition coefficient (Wildman–Crippen LogP) is 3.61. The highest BCUT2D eigenvalue weighted by Crippen LogP contribution is 2.21. The molecule has 1 atom stereocenters. The number of hydrogen-bond donors (Lipinski definition) is 1. The van der Waals surface area contributed by atoms with E-state index in [0.717, 1.165) is 5.56 Å². The van der Waals surface area contributed by atoms with Gasteiger partial charge < -0.3 is 9.73 Å². The number of nitrogens with one attached hydrogen (secondary N) is 1. The van der Waals surface area contributed by atoms with Gasteiger partial charge in [0.2, 0.25) is 5.91 Å². The minimum atomic E-state index is -0.407. The van der Waals surface area contributed by atoms with Crippen LogP contribution in [0.1, 0.15) is 12.5 Å². The summed E-state index contributed by atoms with van der Waals surface area (Å²) in [7, 11) is 0. The smallest absolute Gasteiger partial charge is 0.343 e. The second kappa shape index (κ2) is 6.48. The third-order valence-electron chi connectivity index (χ3n) is 3.83. The first kappa shape index (κ1) is 15.0. The number of benzene rings is 2. The molecular weight excluding hydrogens is 290 g/mol. The van der Waals surface area contributed by atoms with Crippen LogP contribution in [0.3, 0.4) is 0 Å². The molecule has 1 N–H and O–H groups in total. The third-order valence-corrected chi connectivity index (χ3v) is 3.83. The predicted molar refractivity (Wildman–Crippen MR) is 90.4 cm³/mol. The molecule has 1 aromatic heterocycles. The second-order valence-electron chi connectivity index (χ2n) is 5.55. The number of anilines is 1. The van der Waals surface area contributed by atoms with Crippen LogP contribution in [0.25, 0.3) is 10.8 Å². The number of fused-ring (bicyclic) bond motifs is 1. The summed E-state index contributed by atoms with van der Waals surface area (Å²) < 4.78 is 4.86. The van der Waals surface area contributed by atoms with Gasteiger partial charge in [-0.25, -0.2) is 4.79 Å². The van der Waals surface area contributed by atoms with E-state index in [1.54, 1.807) is 24.3 Å². The van der Waals surface area contributed by atoms with Crippen molar-refractivity contribution in [2.24, 2.45) is 5.92 Å². The maximum Gasteiger partial charge on any atom is 0.343 e. The molecule has 0 aliphatic heterocycles. The molecule has 23 heavy (non-hydrogen) atoms. The molecule has 0 spiro atoms. The monoisotopic (exact) mass is 307 g/mol. The normalized spacial score (nSPS) is 12.0. The first-order chi connectivity index (χ1) is 11.1. The quantitative estimate of drug-likeness (QED) is 0.801. The number of amides is 1. The van der Waals surface area contributed by atoms with Crippen LogP contribution in [0.15, 0.2) is 70.1 Å². The Morgan fingerprint density at radius 1 is 1.04 bits per heavy atom. The summed E-state index contributed by atoms with van der Waals surface area (Å²) in [6.45, 7) is 1.89. The molecule has 0 fully saturated rings. The van der Waals surface area contributed by atoms with Crippen LogP contribution in [-0.4, -0.2) is 5.91 Å². The number of rotatable bonds is 4. The fraction of sp³-hybridized carbons (Fsp3) is 0.158. The van der Waals surface area contributed by atoms with Gasteiger partial charge in [-0.3, -0.25) is 4.79 Å². The maximum absolute atomic E-state index is 12.4. The summed E-state index contributed by atoms with van der Waals surface area (Å²) in [5.74, 6) is -0.248. The largest absolute Gasteiger partial charge is 0.431 e. The van der Waals surface area contributed by atoms with Gasteiger partial charge >= 0.3 is 5.63 Å². The minimum Gasteiger partial charge on any atom is -0.431 e. The van der Waals surface area contributed by atoms with Gasteiger partial charge in [-0.05, 0) is 30.2 Å². The topological polar surface area (TPSA) is 59.3 Å². The molecule has 0 aliphatic rings. The number of carbonyl (C=O) groups excluding carboxylic acids is 1. The lowest BCUT2D eigenvalue weighted by atomic mass is 10.00. The zero-order chi connectivity index (χ0) is 16.2. The van der Waals surface area contributed by atoms with Crippen LogP contribution in [0.2, 0.25) is 0 Å². The van der Waals surface area contributed by atoms with Crippen molar-refractivity contribution in [2.75, 3.05) is 5.32 Å². The Labute approximate surface area is 133 Å². The van der Waals surface area contributed by atoms with Gasteiger partial charge in [0.25, 0.3) is 0 Å². The van der Waals surface area contributed by atoms with Crippen LogP contribution in [0.5, 0.6) is 0 Å². The van der Waals surface area contributed by atoms with E-state index in [2.05, 4.69) is 5.32 Å². The SMILES string of the molecule is CC(Cc1ccccc1)C(=O)Nc1cccc2c(=O)occc12. The molecule has 4 heteroatoms. The van der Waals surface area contributed by atoms with Gasteiger partial charge in [-0.2, -0.15) is 0 Å². The molecule has 0 aliphatic carbocycles. The Morgan fingerprint density at radius 3 is 2.61 bits per heavy atom. The lowest BCUT2D eigenvalue weighted by Gasteiger charge is -2.13. The van der Waals surface area contributed by atoms with Crippen LogP contribution >= 0.6 is 0 Å². The van der Waals surface area contributed by atoms with Crippen LogP contribution < -0.4 is 10.9 Å². The van der Waals surface area contributed by atoms with Crippen molar-refractivity contribution < 1.29 is 9.21 Å². The van der Waals surface area contributed by atoms with Gasteiger partial charge in [-0.1, -0.05) is 43.3 Å². The van der Waals surface area contributed by atoms with Crippen LogP contribution in [0.4, 0.5) is 5.69 Å². The van der Waals surface area contributed by atoms with Crippen LogP contribution in [-0.2, 0) is 11.2 Å². The Morgan fingerprint density at radius 2 is 1.83 bits per heavy atom. The van der Waals surface area contributed by atoms with Crippen molar-refractivity contribution in [3.8, 4) is 0 Å². The van der Waals surface area contributed by atoms with Crippen molar-refractivity contribution >= 4 is 22.4 Å². The average Bonchev–Trinajstić information content (AvgIpc) is 2.56. The molecular formula is C19H17NO3. The molecule has 4 nitrogen and oxygen atoms in total. The van der Waals surface area contributed by atoms with E-state index >= 15 is 0 Å². The first-order valence-electron chi connectivity index (χ1n) is 7.50. The third kappa shape index (κ3) is 3.31. The van der Waals surface area contributed by atoms with Gasteiger partial charge in [0.15, 0.2) is 0 Å². The zero-order valence-electron chi connectivity index (χ0n) is 12.8. The van der Waals surface area contributed by atoms with E-state index in [0.29, 0.717) is 22.9 Å². The van der Waals surface area contributed by atoms with Crippen LogP contribution in [0, 0.1) is 5.92 Å². The van der Waals surface area contributed by atoms with Gasteiger partial charge in [-0.15, -0.1) is 0 Å². The lowest BCUT2D eigenvalue weighted by molar-refractivity contribution is -0.119.